The average Bonchev–Trinajstić information content (AvgIpc) is 2.35. The zero-order valence-electron chi connectivity index (χ0n) is 10.4. The van der Waals surface area contributed by atoms with Gasteiger partial charge in [0.2, 0.25) is 0 Å². The Kier molecular flexibility index (Phi) is 5.96. The number of ether oxygens (including phenoxy) is 1. The molecule has 0 aliphatic carbocycles. The Bertz CT molecular complexity index is 386. The lowest BCUT2D eigenvalue weighted by atomic mass is 9.84. The third-order valence-corrected chi connectivity index (χ3v) is 3.84. The molecule has 1 aromatic carbocycles. The van der Waals surface area contributed by atoms with Crippen LogP contribution in [0.15, 0.2) is 24.3 Å². The van der Waals surface area contributed by atoms with Crippen LogP contribution in [0.5, 0.6) is 0 Å². The van der Waals surface area contributed by atoms with Gasteiger partial charge in [0, 0.05) is 17.2 Å². The number of alkyl halides is 5. The maximum absolute atomic E-state index is 12.1. The number of rotatable bonds is 6. The van der Waals surface area contributed by atoms with E-state index in [-0.39, 0.29) is 18.4 Å². The van der Waals surface area contributed by atoms with E-state index < -0.39 is 18.2 Å². The predicted molar refractivity (Wildman–Crippen MR) is 71.2 cm³/mol. The van der Waals surface area contributed by atoms with Gasteiger partial charge in [-0.1, -0.05) is 29.8 Å². The second-order valence-electron chi connectivity index (χ2n) is 4.52. The van der Waals surface area contributed by atoms with Crippen molar-refractivity contribution in [3.8, 4) is 0 Å². The summed E-state index contributed by atoms with van der Waals surface area (Å²) in [5.74, 6) is 0.189. The Labute approximate surface area is 120 Å². The van der Waals surface area contributed by atoms with E-state index in [9.17, 15) is 13.2 Å². The molecule has 0 bridgehead atoms. The van der Waals surface area contributed by atoms with Crippen molar-refractivity contribution in [2.45, 2.75) is 18.5 Å². The van der Waals surface area contributed by atoms with Gasteiger partial charge in [-0.15, -0.1) is 23.2 Å². The first-order valence-electron chi connectivity index (χ1n) is 5.66. The third kappa shape index (κ3) is 4.86. The highest BCUT2D eigenvalue weighted by molar-refractivity contribution is 6.22. The van der Waals surface area contributed by atoms with E-state index >= 15 is 0 Å². The minimum atomic E-state index is -4.35. The molecule has 0 amide bonds. The van der Waals surface area contributed by atoms with Crippen LogP contribution in [-0.2, 0) is 10.2 Å². The molecule has 0 radical (unpaired) electrons. The molecular weight excluding hydrogens is 300 g/mol. The van der Waals surface area contributed by atoms with Crippen LogP contribution in [0.3, 0.4) is 0 Å². The second-order valence-corrected chi connectivity index (χ2v) is 5.06. The number of halogens is 5. The van der Waals surface area contributed by atoms with Gasteiger partial charge in [-0.05, 0) is 12.5 Å². The molecule has 6 heteroatoms. The van der Waals surface area contributed by atoms with Crippen molar-refractivity contribution >= 4 is 23.2 Å². The Morgan fingerprint density at radius 1 is 1.00 bits per heavy atom. The average molecular weight is 315 g/mol. The van der Waals surface area contributed by atoms with Crippen molar-refractivity contribution in [3.05, 3.63) is 35.4 Å². The smallest absolute Gasteiger partial charge is 0.371 e. The molecule has 0 aliphatic heterocycles. The Balaban J connectivity index is 2.82. The highest BCUT2D eigenvalue weighted by Gasteiger charge is 2.34. The molecule has 0 saturated heterocycles. The fourth-order valence-corrected chi connectivity index (χ4v) is 2.37. The first-order valence-corrected chi connectivity index (χ1v) is 6.73. The largest absolute Gasteiger partial charge is 0.411 e. The summed E-state index contributed by atoms with van der Waals surface area (Å²) in [5, 5.41) is 0. The molecular formula is C13H15Cl2F3O. The van der Waals surface area contributed by atoms with Crippen molar-refractivity contribution in [1.82, 2.24) is 0 Å². The predicted octanol–water partition coefficient (Wildman–Crippen LogP) is 4.29. The lowest BCUT2D eigenvalue weighted by Gasteiger charge is -2.30. The third-order valence-electron chi connectivity index (χ3n) is 2.82. The normalized spacial score (nSPS) is 12.7. The fraction of sp³-hybridized carbons (Fsp3) is 0.538. The molecule has 1 aromatic rings. The lowest BCUT2D eigenvalue weighted by Crippen LogP contribution is -2.37. The monoisotopic (exact) mass is 314 g/mol. The van der Waals surface area contributed by atoms with Gasteiger partial charge in [0.1, 0.15) is 6.61 Å². The number of benzene rings is 1. The van der Waals surface area contributed by atoms with Gasteiger partial charge in [-0.3, -0.25) is 0 Å². The summed E-state index contributed by atoms with van der Waals surface area (Å²) >= 11 is 11.8. The van der Waals surface area contributed by atoms with E-state index in [1.807, 2.05) is 31.2 Å². The van der Waals surface area contributed by atoms with Crippen LogP contribution < -0.4 is 0 Å². The summed E-state index contributed by atoms with van der Waals surface area (Å²) < 4.78 is 41.0. The summed E-state index contributed by atoms with van der Waals surface area (Å²) in [6.45, 7) is 0.462. The molecule has 0 spiro atoms. The fourth-order valence-electron chi connectivity index (χ4n) is 1.62. The highest BCUT2D eigenvalue weighted by atomic mass is 35.5. The summed E-state index contributed by atoms with van der Waals surface area (Å²) in [4.78, 5) is 0. The molecule has 1 rings (SSSR count). The van der Waals surface area contributed by atoms with Gasteiger partial charge in [-0.25, -0.2) is 0 Å². The zero-order chi connectivity index (χ0) is 14.5. The molecule has 0 aromatic heterocycles. The number of hydrogen-bond donors (Lipinski definition) is 0. The van der Waals surface area contributed by atoms with Crippen LogP contribution in [0, 0.1) is 6.92 Å². The summed E-state index contributed by atoms with van der Waals surface area (Å²) in [7, 11) is 0. The van der Waals surface area contributed by atoms with E-state index in [4.69, 9.17) is 27.9 Å². The minimum absolute atomic E-state index is 0.0947. The van der Waals surface area contributed by atoms with Gasteiger partial charge < -0.3 is 4.74 Å². The molecule has 0 heterocycles. The number of hydrogen-bond acceptors (Lipinski definition) is 1. The maximum Gasteiger partial charge on any atom is 0.411 e. The first-order chi connectivity index (χ1) is 8.83. The van der Waals surface area contributed by atoms with Crippen molar-refractivity contribution in [1.29, 1.82) is 0 Å². The molecule has 0 saturated carbocycles. The van der Waals surface area contributed by atoms with E-state index in [2.05, 4.69) is 0 Å². The Morgan fingerprint density at radius 2 is 1.53 bits per heavy atom. The summed E-state index contributed by atoms with van der Waals surface area (Å²) in [5.41, 5.74) is 1.03. The maximum atomic E-state index is 12.1. The molecule has 0 unspecified atom stereocenters. The van der Waals surface area contributed by atoms with Gasteiger partial charge in [-0.2, -0.15) is 13.2 Å². The Hall–Kier alpha value is -0.450. The number of aryl methyl sites for hydroxylation is 1. The second kappa shape index (κ2) is 6.82. The molecule has 0 N–H and O–H groups in total. The van der Waals surface area contributed by atoms with Crippen molar-refractivity contribution in [3.63, 3.8) is 0 Å². The Morgan fingerprint density at radius 3 is 1.95 bits per heavy atom. The quantitative estimate of drug-likeness (QED) is 0.712. The molecule has 0 aliphatic rings. The van der Waals surface area contributed by atoms with Crippen LogP contribution in [0.4, 0.5) is 13.2 Å². The first kappa shape index (κ1) is 16.6. The van der Waals surface area contributed by atoms with Gasteiger partial charge >= 0.3 is 6.18 Å². The molecule has 108 valence electrons. The highest BCUT2D eigenvalue weighted by Crippen LogP contribution is 2.29. The van der Waals surface area contributed by atoms with Crippen LogP contribution in [0.25, 0.3) is 0 Å². The minimum Gasteiger partial charge on any atom is -0.371 e. The standard InChI is InChI=1S/C13H15Cl2F3O/c1-10-2-4-11(5-3-10)12(6-14,7-15)8-19-9-13(16,17)18/h2-5H,6-9H2,1H3. The van der Waals surface area contributed by atoms with Crippen molar-refractivity contribution in [2.24, 2.45) is 0 Å². The van der Waals surface area contributed by atoms with Crippen molar-refractivity contribution < 1.29 is 17.9 Å². The summed E-state index contributed by atoms with van der Waals surface area (Å²) in [6, 6.07) is 7.37. The van der Waals surface area contributed by atoms with Gasteiger partial charge in [0.15, 0.2) is 0 Å². The van der Waals surface area contributed by atoms with Crippen LogP contribution in [0.2, 0.25) is 0 Å². The van der Waals surface area contributed by atoms with E-state index in [0.29, 0.717) is 0 Å². The van der Waals surface area contributed by atoms with E-state index in [0.717, 1.165) is 11.1 Å². The van der Waals surface area contributed by atoms with Crippen LogP contribution in [-0.4, -0.2) is 31.2 Å². The SMILES string of the molecule is Cc1ccc(C(CCl)(CCl)COCC(F)(F)F)cc1. The van der Waals surface area contributed by atoms with Crippen LogP contribution in [0.1, 0.15) is 11.1 Å². The van der Waals surface area contributed by atoms with Crippen LogP contribution >= 0.6 is 23.2 Å². The summed E-state index contributed by atoms with van der Waals surface area (Å²) in [6.07, 6.45) is -4.35. The van der Waals surface area contributed by atoms with E-state index in [1.165, 1.54) is 0 Å². The van der Waals surface area contributed by atoms with Gasteiger partial charge in [0.25, 0.3) is 0 Å². The topological polar surface area (TPSA) is 9.23 Å². The van der Waals surface area contributed by atoms with Gasteiger partial charge in [0.05, 0.1) is 6.61 Å². The zero-order valence-corrected chi connectivity index (χ0v) is 11.9. The van der Waals surface area contributed by atoms with Crippen molar-refractivity contribution in [2.75, 3.05) is 25.0 Å². The molecule has 0 fully saturated rings. The van der Waals surface area contributed by atoms with E-state index in [1.54, 1.807) is 0 Å². The molecule has 0 atom stereocenters. The molecule has 1 nitrogen and oxygen atoms in total. The lowest BCUT2D eigenvalue weighted by molar-refractivity contribution is -0.176. The molecule has 19 heavy (non-hydrogen) atoms.